The van der Waals surface area contributed by atoms with Gasteiger partial charge in [0.15, 0.2) is 0 Å². The van der Waals surface area contributed by atoms with Gasteiger partial charge < -0.3 is 15.4 Å². The Kier molecular flexibility index (Phi) is 5.65. The van der Waals surface area contributed by atoms with Crippen molar-refractivity contribution in [3.8, 4) is 0 Å². The van der Waals surface area contributed by atoms with E-state index in [1.807, 2.05) is 29.2 Å². The van der Waals surface area contributed by atoms with Gasteiger partial charge in [0.05, 0.1) is 0 Å². The number of carbonyl (C=O) groups excluding carboxylic acids is 1. The Hall–Kier alpha value is -1.55. The summed E-state index contributed by atoms with van der Waals surface area (Å²) in [6.07, 6.45) is 0.516. The minimum absolute atomic E-state index is 0.0155. The number of hydrogen-bond acceptors (Lipinski definition) is 3. The highest BCUT2D eigenvalue weighted by molar-refractivity contribution is 5.80. The molecule has 0 aliphatic rings. The number of hydrogen-bond donors (Lipinski definition) is 1. The highest BCUT2D eigenvalue weighted by Gasteiger charge is 2.19. The number of nitrogens with two attached hydrogens (primary N) is 1. The Morgan fingerprint density at radius 1 is 1.50 bits per heavy atom. The molecule has 0 fully saturated rings. The van der Waals surface area contributed by atoms with Crippen LogP contribution in [0.3, 0.4) is 0 Å². The maximum Gasteiger partial charge on any atom is 0.251 e. The van der Waals surface area contributed by atoms with Crippen molar-refractivity contribution in [2.75, 3.05) is 19.4 Å². The second kappa shape index (κ2) is 7.01. The van der Waals surface area contributed by atoms with E-state index >= 15 is 0 Å². The summed E-state index contributed by atoms with van der Waals surface area (Å²) in [5.74, 6) is 0.0155. The molecule has 1 aromatic carbocycles. The van der Waals surface area contributed by atoms with Gasteiger partial charge in [-0.25, -0.2) is 0 Å². The van der Waals surface area contributed by atoms with Gasteiger partial charge in [0.1, 0.15) is 6.10 Å². The van der Waals surface area contributed by atoms with Crippen LogP contribution in [0.2, 0.25) is 0 Å². The normalized spacial score (nSPS) is 12.2. The minimum Gasteiger partial charge on any atom is -0.399 e. The number of ether oxygens (including phenoxy) is 1. The van der Waals surface area contributed by atoms with Gasteiger partial charge in [0.25, 0.3) is 5.91 Å². The summed E-state index contributed by atoms with van der Waals surface area (Å²) in [7, 11) is 1.55. The summed E-state index contributed by atoms with van der Waals surface area (Å²) < 4.78 is 5.08. The summed E-state index contributed by atoms with van der Waals surface area (Å²) in [5.41, 5.74) is 7.50. The van der Waals surface area contributed by atoms with Gasteiger partial charge in [0, 0.05) is 25.9 Å². The summed E-state index contributed by atoms with van der Waals surface area (Å²) in [6.45, 7) is 5.12. The van der Waals surface area contributed by atoms with Gasteiger partial charge in [-0.3, -0.25) is 4.79 Å². The fourth-order valence-electron chi connectivity index (χ4n) is 1.81. The van der Waals surface area contributed by atoms with Crippen LogP contribution in [0.4, 0.5) is 5.69 Å². The molecule has 0 aromatic heterocycles. The molecule has 0 saturated carbocycles. The SMILES string of the molecule is CCCN(Cc1cccc(N)c1)C(=O)C(C)OC. The van der Waals surface area contributed by atoms with Gasteiger partial charge in [-0.1, -0.05) is 19.1 Å². The molecule has 1 amide bonds. The quantitative estimate of drug-likeness (QED) is 0.786. The highest BCUT2D eigenvalue weighted by atomic mass is 16.5. The van der Waals surface area contributed by atoms with Gasteiger partial charge >= 0.3 is 0 Å². The van der Waals surface area contributed by atoms with Gasteiger partial charge in [-0.2, -0.15) is 0 Å². The first-order valence-corrected chi connectivity index (χ1v) is 6.24. The lowest BCUT2D eigenvalue weighted by Gasteiger charge is -2.25. The van der Waals surface area contributed by atoms with Crippen LogP contribution in [0, 0.1) is 0 Å². The lowest BCUT2D eigenvalue weighted by molar-refractivity contribution is -0.141. The standard InChI is InChI=1S/C14H22N2O2/c1-4-8-16(14(17)11(2)18-3)10-12-6-5-7-13(15)9-12/h5-7,9,11H,4,8,10,15H2,1-3H3. The Morgan fingerprint density at radius 2 is 2.22 bits per heavy atom. The Balaban J connectivity index is 2.77. The van der Waals surface area contributed by atoms with E-state index in [0.29, 0.717) is 6.54 Å². The molecule has 0 radical (unpaired) electrons. The van der Waals surface area contributed by atoms with Crippen molar-refractivity contribution >= 4 is 11.6 Å². The van der Waals surface area contributed by atoms with Crippen LogP contribution in [0.25, 0.3) is 0 Å². The smallest absolute Gasteiger partial charge is 0.251 e. The monoisotopic (exact) mass is 250 g/mol. The van der Waals surface area contributed by atoms with E-state index in [1.54, 1.807) is 14.0 Å². The van der Waals surface area contributed by atoms with E-state index in [9.17, 15) is 4.79 Å². The van der Waals surface area contributed by atoms with Crippen LogP contribution in [0.15, 0.2) is 24.3 Å². The van der Waals surface area contributed by atoms with Crippen molar-refractivity contribution in [3.63, 3.8) is 0 Å². The largest absolute Gasteiger partial charge is 0.399 e. The Morgan fingerprint density at radius 3 is 2.78 bits per heavy atom. The van der Waals surface area contributed by atoms with Crippen molar-refractivity contribution < 1.29 is 9.53 Å². The number of benzene rings is 1. The number of amides is 1. The average Bonchev–Trinajstić information content (AvgIpc) is 2.36. The number of nitrogens with zero attached hydrogens (tertiary/aromatic N) is 1. The third-order valence-corrected chi connectivity index (χ3v) is 2.83. The number of anilines is 1. The van der Waals surface area contributed by atoms with E-state index < -0.39 is 6.10 Å². The van der Waals surface area contributed by atoms with Crippen molar-refractivity contribution in [2.24, 2.45) is 0 Å². The zero-order chi connectivity index (χ0) is 13.5. The van der Waals surface area contributed by atoms with Crippen LogP contribution in [0.5, 0.6) is 0 Å². The molecule has 0 bridgehead atoms. The van der Waals surface area contributed by atoms with Crippen molar-refractivity contribution in [3.05, 3.63) is 29.8 Å². The fraction of sp³-hybridized carbons (Fsp3) is 0.500. The Labute approximate surface area is 109 Å². The molecule has 1 atom stereocenters. The molecule has 0 heterocycles. The number of methoxy groups -OCH3 is 1. The molecule has 2 N–H and O–H groups in total. The lowest BCUT2D eigenvalue weighted by atomic mass is 10.1. The molecule has 18 heavy (non-hydrogen) atoms. The molecular formula is C14H22N2O2. The van der Waals surface area contributed by atoms with Crippen LogP contribution in [-0.2, 0) is 16.1 Å². The summed E-state index contributed by atoms with van der Waals surface area (Å²) in [4.78, 5) is 13.9. The molecule has 100 valence electrons. The fourth-order valence-corrected chi connectivity index (χ4v) is 1.81. The maximum atomic E-state index is 12.1. The van der Waals surface area contributed by atoms with Gasteiger partial charge in [0.2, 0.25) is 0 Å². The van der Waals surface area contributed by atoms with Crippen molar-refractivity contribution in [1.82, 2.24) is 4.90 Å². The average molecular weight is 250 g/mol. The van der Waals surface area contributed by atoms with E-state index in [1.165, 1.54) is 0 Å². The second-order valence-corrected chi connectivity index (χ2v) is 4.38. The maximum absolute atomic E-state index is 12.1. The third kappa shape index (κ3) is 4.04. The highest BCUT2D eigenvalue weighted by Crippen LogP contribution is 2.11. The van der Waals surface area contributed by atoms with Crippen LogP contribution < -0.4 is 5.73 Å². The first-order chi connectivity index (χ1) is 8.58. The topological polar surface area (TPSA) is 55.6 Å². The zero-order valence-corrected chi connectivity index (χ0v) is 11.3. The molecule has 0 aliphatic heterocycles. The lowest BCUT2D eigenvalue weighted by Crippen LogP contribution is -2.38. The van der Waals surface area contributed by atoms with Crippen LogP contribution >= 0.6 is 0 Å². The van der Waals surface area contributed by atoms with E-state index in [-0.39, 0.29) is 5.91 Å². The first-order valence-electron chi connectivity index (χ1n) is 6.24. The van der Waals surface area contributed by atoms with Crippen molar-refractivity contribution in [1.29, 1.82) is 0 Å². The number of rotatable bonds is 6. The Bertz CT molecular complexity index is 393. The molecule has 0 spiro atoms. The van der Waals surface area contributed by atoms with Crippen LogP contribution in [0.1, 0.15) is 25.8 Å². The van der Waals surface area contributed by atoms with Gasteiger partial charge in [-0.15, -0.1) is 0 Å². The summed E-state index contributed by atoms with van der Waals surface area (Å²) in [5, 5.41) is 0. The minimum atomic E-state index is -0.405. The second-order valence-electron chi connectivity index (χ2n) is 4.38. The van der Waals surface area contributed by atoms with E-state index in [0.717, 1.165) is 24.2 Å². The predicted molar refractivity (Wildman–Crippen MR) is 73.0 cm³/mol. The molecule has 1 rings (SSSR count). The molecule has 4 nitrogen and oxygen atoms in total. The summed E-state index contributed by atoms with van der Waals surface area (Å²) >= 11 is 0. The predicted octanol–water partition coefficient (Wildman–Crippen LogP) is 2.04. The molecule has 0 saturated heterocycles. The van der Waals surface area contributed by atoms with E-state index in [4.69, 9.17) is 10.5 Å². The molecule has 1 aromatic rings. The molecular weight excluding hydrogens is 228 g/mol. The first kappa shape index (κ1) is 14.5. The molecule has 1 unspecified atom stereocenters. The third-order valence-electron chi connectivity index (χ3n) is 2.83. The van der Waals surface area contributed by atoms with Crippen LogP contribution in [-0.4, -0.2) is 30.6 Å². The summed E-state index contributed by atoms with van der Waals surface area (Å²) in [6, 6.07) is 7.61. The van der Waals surface area contributed by atoms with E-state index in [2.05, 4.69) is 6.92 Å². The zero-order valence-electron chi connectivity index (χ0n) is 11.3. The molecule has 4 heteroatoms. The molecule has 0 aliphatic carbocycles. The van der Waals surface area contributed by atoms with Gasteiger partial charge in [-0.05, 0) is 31.0 Å². The number of carbonyl (C=O) groups is 1. The number of nitrogen functional groups attached to an aromatic ring is 1. The van der Waals surface area contributed by atoms with Crippen molar-refractivity contribution in [2.45, 2.75) is 32.9 Å².